The Morgan fingerprint density at radius 3 is 2.75 bits per heavy atom. The maximum Gasteiger partial charge on any atom is 0.387 e. The number of nitrogens with zero attached hydrogens (tertiary/aromatic N) is 1. The Balaban J connectivity index is 2.40. The number of ether oxygens (including phenoxy) is 1. The molecule has 0 aliphatic carbocycles. The highest BCUT2D eigenvalue weighted by Gasteiger charge is 2.44. The van der Waals surface area contributed by atoms with E-state index in [0.29, 0.717) is 18.1 Å². The van der Waals surface area contributed by atoms with Crippen LogP contribution >= 0.6 is 0 Å². The van der Waals surface area contributed by atoms with Crippen LogP contribution in [-0.4, -0.2) is 25.0 Å². The summed E-state index contributed by atoms with van der Waals surface area (Å²) < 4.78 is 29.4. The zero-order valence-corrected chi connectivity index (χ0v) is 11.1. The number of nitrogens with one attached hydrogen (secondary N) is 2. The van der Waals surface area contributed by atoms with Gasteiger partial charge in [0.1, 0.15) is 11.3 Å². The number of guanidine groups is 1. The molecule has 1 fully saturated rings. The first-order valence-corrected chi connectivity index (χ1v) is 6.15. The zero-order chi connectivity index (χ0) is 14.8. The fourth-order valence-electron chi connectivity index (χ4n) is 2.06. The third-order valence-electron chi connectivity index (χ3n) is 3.01. The van der Waals surface area contributed by atoms with Crippen LogP contribution in [-0.2, 0) is 10.3 Å². The number of carbonyl (C=O) groups is 1. The molecular formula is C13H15F2N3O2. The van der Waals surface area contributed by atoms with Crippen molar-refractivity contribution < 1.29 is 18.3 Å². The van der Waals surface area contributed by atoms with Gasteiger partial charge in [0.2, 0.25) is 0 Å². The lowest BCUT2D eigenvalue weighted by molar-refractivity contribution is -0.123. The highest BCUT2D eigenvalue weighted by Crippen LogP contribution is 2.32. The Labute approximate surface area is 115 Å². The number of alkyl halides is 2. The van der Waals surface area contributed by atoms with Crippen molar-refractivity contribution in [3.63, 3.8) is 0 Å². The molecule has 1 aliphatic heterocycles. The number of carbonyl (C=O) groups excluding carboxylic acids is 1. The summed E-state index contributed by atoms with van der Waals surface area (Å²) in [7, 11) is 0. The summed E-state index contributed by atoms with van der Waals surface area (Å²) >= 11 is 0. The lowest BCUT2D eigenvalue weighted by atomic mass is 9.91. The molecule has 2 rings (SSSR count). The summed E-state index contributed by atoms with van der Waals surface area (Å²) in [6, 6.07) is 6.19. The number of benzene rings is 1. The molecule has 0 radical (unpaired) electrons. The van der Waals surface area contributed by atoms with Gasteiger partial charge in [0.25, 0.3) is 5.91 Å². The largest absolute Gasteiger partial charge is 0.434 e. The van der Waals surface area contributed by atoms with E-state index < -0.39 is 12.2 Å². The molecule has 5 nitrogen and oxygen atoms in total. The van der Waals surface area contributed by atoms with Crippen molar-refractivity contribution in [2.75, 3.05) is 6.54 Å². The van der Waals surface area contributed by atoms with E-state index in [1.54, 1.807) is 25.1 Å². The molecule has 2 N–H and O–H groups in total. The van der Waals surface area contributed by atoms with Crippen molar-refractivity contribution in [2.45, 2.75) is 26.0 Å². The molecule has 0 bridgehead atoms. The predicted molar refractivity (Wildman–Crippen MR) is 69.7 cm³/mol. The van der Waals surface area contributed by atoms with Gasteiger partial charge in [0.05, 0.1) is 0 Å². The normalized spacial score (nSPS) is 23.9. The van der Waals surface area contributed by atoms with Gasteiger partial charge in [-0.3, -0.25) is 15.1 Å². The lowest BCUT2D eigenvalue weighted by Crippen LogP contribution is -2.41. The molecule has 1 aromatic carbocycles. The Kier molecular flexibility index (Phi) is 3.87. The predicted octanol–water partition coefficient (Wildman–Crippen LogP) is 1.60. The van der Waals surface area contributed by atoms with E-state index in [1.807, 2.05) is 6.92 Å². The van der Waals surface area contributed by atoms with Gasteiger partial charge in [-0.05, 0) is 19.9 Å². The topological polar surface area (TPSA) is 62.7 Å². The number of halogens is 2. The third-order valence-corrected chi connectivity index (χ3v) is 3.01. The summed E-state index contributed by atoms with van der Waals surface area (Å²) in [6.07, 6.45) is 0. The lowest BCUT2D eigenvalue weighted by Gasteiger charge is -2.24. The molecule has 1 atom stereocenters. The Hall–Kier alpha value is -2.18. The number of rotatable bonds is 4. The molecule has 108 valence electrons. The van der Waals surface area contributed by atoms with Crippen LogP contribution in [0.4, 0.5) is 8.78 Å². The molecule has 20 heavy (non-hydrogen) atoms. The average Bonchev–Trinajstić information content (AvgIpc) is 2.66. The van der Waals surface area contributed by atoms with Crippen molar-refractivity contribution in [1.29, 1.82) is 0 Å². The maximum atomic E-state index is 12.4. The molecule has 1 amide bonds. The van der Waals surface area contributed by atoms with Crippen LogP contribution in [0.5, 0.6) is 5.75 Å². The fourth-order valence-corrected chi connectivity index (χ4v) is 2.06. The molecule has 0 saturated carbocycles. The van der Waals surface area contributed by atoms with Crippen molar-refractivity contribution >= 4 is 11.9 Å². The molecule has 1 saturated heterocycles. The Bertz CT molecular complexity index is 548. The molecule has 1 aromatic rings. The van der Waals surface area contributed by atoms with Crippen LogP contribution in [0.15, 0.2) is 29.3 Å². The average molecular weight is 283 g/mol. The first-order valence-electron chi connectivity index (χ1n) is 6.15. The van der Waals surface area contributed by atoms with E-state index in [2.05, 4.69) is 20.4 Å². The minimum Gasteiger partial charge on any atom is -0.434 e. The van der Waals surface area contributed by atoms with E-state index in [-0.39, 0.29) is 11.7 Å². The fraction of sp³-hybridized carbons (Fsp3) is 0.385. The molecule has 7 heteroatoms. The Morgan fingerprint density at radius 1 is 1.40 bits per heavy atom. The van der Waals surface area contributed by atoms with Crippen molar-refractivity contribution in [3.8, 4) is 5.75 Å². The second kappa shape index (κ2) is 5.44. The summed E-state index contributed by atoms with van der Waals surface area (Å²) in [6.45, 7) is 0.958. The van der Waals surface area contributed by atoms with Crippen LogP contribution in [0, 0.1) is 0 Å². The molecule has 0 spiro atoms. The number of aliphatic imine (C=N–C) groups is 1. The first kappa shape index (κ1) is 14.2. The number of para-hydroxylation sites is 1. The number of hydrogen-bond acceptors (Lipinski definition) is 3. The molecule has 1 unspecified atom stereocenters. The van der Waals surface area contributed by atoms with E-state index in [1.165, 1.54) is 6.07 Å². The smallest absolute Gasteiger partial charge is 0.387 e. The number of amides is 1. The van der Waals surface area contributed by atoms with Crippen LogP contribution in [0.25, 0.3) is 0 Å². The van der Waals surface area contributed by atoms with Crippen LogP contribution in [0.1, 0.15) is 19.4 Å². The van der Waals surface area contributed by atoms with E-state index >= 15 is 0 Å². The second-order valence-electron chi connectivity index (χ2n) is 4.40. The van der Waals surface area contributed by atoms with Gasteiger partial charge < -0.3 is 10.1 Å². The summed E-state index contributed by atoms with van der Waals surface area (Å²) in [5.74, 6) is -0.0766. The summed E-state index contributed by atoms with van der Waals surface area (Å²) in [5.41, 5.74) is -0.862. The minimum atomic E-state index is -2.95. The van der Waals surface area contributed by atoms with Gasteiger partial charge in [-0.2, -0.15) is 8.78 Å². The monoisotopic (exact) mass is 283 g/mol. The zero-order valence-electron chi connectivity index (χ0n) is 11.1. The molecular weight excluding hydrogens is 268 g/mol. The van der Waals surface area contributed by atoms with Crippen LogP contribution in [0.3, 0.4) is 0 Å². The molecule has 1 aliphatic rings. The molecule has 0 aromatic heterocycles. The van der Waals surface area contributed by atoms with Crippen molar-refractivity contribution in [1.82, 2.24) is 10.6 Å². The minimum absolute atomic E-state index is 0.0367. The first-order chi connectivity index (χ1) is 9.47. The van der Waals surface area contributed by atoms with Crippen molar-refractivity contribution in [3.05, 3.63) is 29.8 Å². The van der Waals surface area contributed by atoms with E-state index in [9.17, 15) is 13.6 Å². The van der Waals surface area contributed by atoms with Gasteiger partial charge in [-0.15, -0.1) is 0 Å². The number of hydrogen-bond donors (Lipinski definition) is 2. The van der Waals surface area contributed by atoms with Gasteiger partial charge in [-0.25, -0.2) is 0 Å². The van der Waals surface area contributed by atoms with Gasteiger partial charge in [-0.1, -0.05) is 18.2 Å². The SMILES string of the molecule is CCN=C1NC(=O)C(C)(c2ccccc2OC(F)F)N1. The quantitative estimate of drug-likeness (QED) is 0.882. The molecule has 1 heterocycles. The van der Waals surface area contributed by atoms with Gasteiger partial charge in [0, 0.05) is 12.1 Å². The van der Waals surface area contributed by atoms with Crippen LogP contribution < -0.4 is 15.4 Å². The standard InChI is InChI=1S/C13H15F2N3O2/c1-3-16-12-17-10(19)13(2,18-12)8-6-4-5-7-9(8)20-11(14)15/h4-7,11H,3H2,1-2H3,(H2,16,17,18,19). The highest BCUT2D eigenvalue weighted by molar-refractivity contribution is 6.09. The van der Waals surface area contributed by atoms with E-state index in [4.69, 9.17) is 0 Å². The van der Waals surface area contributed by atoms with Crippen LogP contribution in [0.2, 0.25) is 0 Å². The van der Waals surface area contributed by atoms with Gasteiger partial charge in [0.15, 0.2) is 5.96 Å². The summed E-state index contributed by atoms with van der Waals surface area (Å²) in [4.78, 5) is 16.2. The Morgan fingerprint density at radius 2 is 2.10 bits per heavy atom. The van der Waals surface area contributed by atoms with Crippen molar-refractivity contribution in [2.24, 2.45) is 4.99 Å². The second-order valence-corrected chi connectivity index (χ2v) is 4.40. The summed E-state index contributed by atoms with van der Waals surface area (Å²) in [5, 5.41) is 5.49. The van der Waals surface area contributed by atoms with Gasteiger partial charge >= 0.3 is 6.61 Å². The highest BCUT2D eigenvalue weighted by atomic mass is 19.3. The third kappa shape index (κ3) is 2.56. The maximum absolute atomic E-state index is 12.4. The van der Waals surface area contributed by atoms with E-state index in [0.717, 1.165) is 0 Å².